The lowest BCUT2D eigenvalue weighted by atomic mass is 9.84. The van der Waals surface area contributed by atoms with Gasteiger partial charge in [-0.15, -0.1) is 0 Å². The maximum absolute atomic E-state index is 9.85. The van der Waals surface area contributed by atoms with E-state index in [1.54, 1.807) is 0 Å². The van der Waals surface area contributed by atoms with E-state index in [9.17, 15) is 40.9 Å². The zero-order valence-electron chi connectivity index (χ0n) is 11.9. The number of ether oxygens (including phenoxy) is 2. The molecule has 136 valence electrons. The van der Waals surface area contributed by atoms with Gasteiger partial charge in [-0.3, -0.25) is 0 Å². The van der Waals surface area contributed by atoms with Gasteiger partial charge in [-0.05, 0) is 0 Å². The van der Waals surface area contributed by atoms with Gasteiger partial charge in [-0.2, -0.15) is 0 Å². The van der Waals surface area contributed by atoms with Gasteiger partial charge in [0.1, 0.15) is 61.0 Å². The Balaban J connectivity index is 2.13. The van der Waals surface area contributed by atoms with Crippen molar-refractivity contribution in [3.05, 3.63) is 0 Å². The van der Waals surface area contributed by atoms with E-state index in [2.05, 4.69) is 0 Å². The third-order valence-corrected chi connectivity index (χ3v) is 4.21. The Morgan fingerprint density at radius 2 is 1.04 bits per heavy atom. The largest absolute Gasteiger partial charge is 0.394 e. The maximum Gasteiger partial charge on any atom is 0.187 e. The van der Waals surface area contributed by atoms with E-state index in [-0.39, 0.29) is 0 Å². The predicted molar refractivity (Wildman–Crippen MR) is 68.7 cm³/mol. The molecule has 0 amide bonds. The molecule has 11 heteroatoms. The number of hydrogen-bond donors (Lipinski definition) is 9. The highest BCUT2D eigenvalue weighted by Crippen LogP contribution is 2.29. The molecule has 1 aliphatic carbocycles. The van der Waals surface area contributed by atoms with E-state index in [1.807, 2.05) is 0 Å². The normalized spacial score (nSPS) is 54.9. The fourth-order valence-electron chi connectivity index (χ4n) is 2.69. The first-order valence-corrected chi connectivity index (χ1v) is 7.07. The zero-order valence-corrected chi connectivity index (χ0v) is 11.9. The molecule has 1 heterocycles. The molecule has 9 N–H and O–H groups in total. The minimum absolute atomic E-state index is 0.704. The van der Waals surface area contributed by atoms with Crippen LogP contribution in [0.3, 0.4) is 0 Å². The van der Waals surface area contributed by atoms with Crippen LogP contribution in [0.15, 0.2) is 0 Å². The van der Waals surface area contributed by atoms with Crippen LogP contribution >= 0.6 is 0 Å². The molecule has 0 aromatic carbocycles. The molecule has 1 saturated heterocycles. The Kier molecular flexibility index (Phi) is 5.92. The monoisotopic (exact) mass is 342 g/mol. The van der Waals surface area contributed by atoms with Crippen molar-refractivity contribution >= 4 is 0 Å². The summed E-state index contributed by atoms with van der Waals surface area (Å²) in [6.07, 6.45) is -18.9. The van der Waals surface area contributed by atoms with E-state index < -0.39 is 73.9 Å². The average Bonchev–Trinajstić information content (AvgIpc) is 2.54. The summed E-state index contributed by atoms with van der Waals surface area (Å²) in [5, 5.41) is 86.6. The smallest absolute Gasteiger partial charge is 0.187 e. The highest BCUT2D eigenvalue weighted by atomic mass is 16.7. The van der Waals surface area contributed by atoms with Crippen molar-refractivity contribution in [1.82, 2.24) is 0 Å². The van der Waals surface area contributed by atoms with Crippen molar-refractivity contribution in [2.45, 2.75) is 67.3 Å². The van der Waals surface area contributed by atoms with Crippen LogP contribution in [0.5, 0.6) is 0 Å². The van der Waals surface area contributed by atoms with Crippen molar-refractivity contribution in [3.8, 4) is 0 Å². The van der Waals surface area contributed by atoms with Crippen LogP contribution in [-0.2, 0) is 9.47 Å². The van der Waals surface area contributed by atoms with Crippen molar-refractivity contribution < 1.29 is 55.4 Å². The van der Waals surface area contributed by atoms with E-state index in [0.717, 1.165) is 0 Å². The molecule has 5 unspecified atom stereocenters. The number of aliphatic hydroxyl groups is 9. The Morgan fingerprint density at radius 3 is 1.52 bits per heavy atom. The van der Waals surface area contributed by atoms with Gasteiger partial charge < -0.3 is 55.4 Å². The van der Waals surface area contributed by atoms with Gasteiger partial charge in [0.15, 0.2) is 6.29 Å². The van der Waals surface area contributed by atoms with Crippen LogP contribution in [-0.4, -0.2) is 120 Å². The second-order valence-corrected chi connectivity index (χ2v) is 5.75. The molecule has 0 radical (unpaired) electrons. The maximum atomic E-state index is 9.85. The molecule has 2 rings (SSSR count). The molecule has 11 nitrogen and oxygen atoms in total. The molecule has 1 saturated carbocycles. The van der Waals surface area contributed by atoms with E-state index in [4.69, 9.17) is 14.6 Å². The first-order chi connectivity index (χ1) is 10.7. The van der Waals surface area contributed by atoms with Crippen molar-refractivity contribution in [2.75, 3.05) is 6.61 Å². The molecule has 2 fully saturated rings. The number of aliphatic hydroxyl groups excluding tert-OH is 9. The summed E-state index contributed by atoms with van der Waals surface area (Å²) in [4.78, 5) is 0. The minimum Gasteiger partial charge on any atom is -0.394 e. The van der Waals surface area contributed by atoms with Crippen molar-refractivity contribution in [3.63, 3.8) is 0 Å². The Labute approximate surface area is 130 Å². The quantitative estimate of drug-likeness (QED) is 0.236. The van der Waals surface area contributed by atoms with Crippen LogP contribution < -0.4 is 0 Å². The van der Waals surface area contributed by atoms with Gasteiger partial charge >= 0.3 is 0 Å². The molecule has 23 heavy (non-hydrogen) atoms. The standard InChI is InChI=1S/C12H22O11/c13-1-2-3(14)4(15)10(21)12(22-2)23-11-8(19)6(17)5(16)7(18)9(11)20/h2-21H,1H2/t2?,3-,4+,5?,6-,7+,8-,9?,10?,11?,12+/m0/s1. The minimum atomic E-state index is -1.83. The lowest BCUT2D eigenvalue weighted by molar-refractivity contribution is -0.339. The van der Waals surface area contributed by atoms with Gasteiger partial charge in [0.25, 0.3) is 0 Å². The molecule has 1 aliphatic heterocycles. The van der Waals surface area contributed by atoms with E-state index in [0.29, 0.717) is 0 Å². The lowest BCUT2D eigenvalue weighted by Crippen LogP contribution is -2.67. The van der Waals surface area contributed by atoms with Crippen LogP contribution in [0.25, 0.3) is 0 Å². The fourth-order valence-corrected chi connectivity index (χ4v) is 2.69. The molecule has 0 spiro atoms. The summed E-state index contributed by atoms with van der Waals surface area (Å²) in [7, 11) is 0. The highest BCUT2D eigenvalue weighted by Gasteiger charge is 2.52. The summed E-state index contributed by atoms with van der Waals surface area (Å²) in [6, 6.07) is 0. The lowest BCUT2D eigenvalue weighted by Gasteiger charge is -2.45. The predicted octanol–water partition coefficient (Wildman–Crippen LogP) is -6.01. The molecule has 11 atom stereocenters. The van der Waals surface area contributed by atoms with Gasteiger partial charge in [0.05, 0.1) is 6.61 Å². The van der Waals surface area contributed by atoms with Gasteiger partial charge in [0.2, 0.25) is 0 Å². The van der Waals surface area contributed by atoms with Gasteiger partial charge in [-0.25, -0.2) is 0 Å². The van der Waals surface area contributed by atoms with Crippen LogP contribution in [0.2, 0.25) is 0 Å². The summed E-state index contributed by atoms with van der Waals surface area (Å²) < 4.78 is 10.2. The summed E-state index contributed by atoms with van der Waals surface area (Å²) in [5.41, 5.74) is 0. The van der Waals surface area contributed by atoms with Crippen LogP contribution in [0.4, 0.5) is 0 Å². The van der Waals surface area contributed by atoms with E-state index in [1.165, 1.54) is 0 Å². The van der Waals surface area contributed by atoms with Crippen molar-refractivity contribution in [1.29, 1.82) is 0 Å². The Bertz CT molecular complexity index is 377. The van der Waals surface area contributed by atoms with Crippen LogP contribution in [0.1, 0.15) is 0 Å². The van der Waals surface area contributed by atoms with E-state index >= 15 is 0 Å². The first-order valence-electron chi connectivity index (χ1n) is 7.07. The Hall–Kier alpha value is -0.440. The first kappa shape index (κ1) is 18.9. The summed E-state index contributed by atoms with van der Waals surface area (Å²) >= 11 is 0. The SMILES string of the molecule is OCC1O[C@H](OC2C(O)[C@H](O)C(O)[C@H](O)[C@@H]2O)C(O)[C@H](O)[C@H]1O. The van der Waals surface area contributed by atoms with Gasteiger partial charge in [0, 0.05) is 0 Å². The Morgan fingerprint density at radius 1 is 0.609 bits per heavy atom. The molecule has 0 bridgehead atoms. The average molecular weight is 342 g/mol. The fraction of sp³-hybridized carbons (Fsp3) is 1.00. The topological polar surface area (TPSA) is 201 Å². The molecule has 0 aromatic heterocycles. The molecule has 2 aliphatic rings. The second kappa shape index (κ2) is 7.21. The number of hydrogen-bond acceptors (Lipinski definition) is 11. The third kappa shape index (κ3) is 3.36. The molecular weight excluding hydrogens is 320 g/mol. The van der Waals surface area contributed by atoms with Crippen LogP contribution in [0, 0.1) is 0 Å². The summed E-state index contributed by atoms with van der Waals surface area (Å²) in [6.45, 7) is -0.704. The van der Waals surface area contributed by atoms with Crippen molar-refractivity contribution in [2.24, 2.45) is 0 Å². The molecule has 0 aromatic rings. The second-order valence-electron chi connectivity index (χ2n) is 5.75. The number of rotatable bonds is 3. The summed E-state index contributed by atoms with van der Waals surface area (Å²) in [5.74, 6) is 0. The third-order valence-electron chi connectivity index (χ3n) is 4.21. The molecular formula is C12H22O11. The van der Waals surface area contributed by atoms with Gasteiger partial charge in [-0.1, -0.05) is 0 Å². The highest BCUT2D eigenvalue weighted by molar-refractivity contribution is 5.00. The zero-order chi connectivity index (χ0) is 17.5.